The minimum Gasteiger partial charge on any atom is -0.477 e. The molecule has 2 heterocycles. The lowest BCUT2D eigenvalue weighted by Gasteiger charge is -2.16. The number of aromatic nitrogens is 3. The van der Waals surface area contributed by atoms with Gasteiger partial charge in [-0.15, -0.1) is 0 Å². The third-order valence-electron chi connectivity index (χ3n) is 3.39. The molecule has 0 saturated carbocycles. The molecule has 3 rings (SSSR count). The van der Waals surface area contributed by atoms with Crippen molar-refractivity contribution in [2.75, 3.05) is 5.32 Å². The van der Waals surface area contributed by atoms with Gasteiger partial charge in [-0.25, -0.2) is 23.1 Å². The fourth-order valence-electron chi connectivity index (χ4n) is 2.25. The minimum atomic E-state index is -1.14. The molecule has 118 valence electrons. The molecular weight excluding hydrogens is 306 g/mol. The molecule has 0 unspecified atom stereocenters. The highest BCUT2D eigenvalue weighted by molar-refractivity contribution is 5.94. The van der Waals surface area contributed by atoms with Crippen molar-refractivity contribution < 1.29 is 18.7 Å². The number of nitrogens with one attached hydrogen (secondary N) is 1. The molecular formula is C15H12F2N4O2. The molecule has 8 heteroatoms. The number of fused-ring (bicyclic) bond motifs is 1. The topological polar surface area (TPSA) is 79.5 Å². The van der Waals surface area contributed by atoms with E-state index in [0.29, 0.717) is 5.82 Å². The molecule has 0 aliphatic heterocycles. The van der Waals surface area contributed by atoms with Crippen molar-refractivity contribution in [1.82, 2.24) is 14.6 Å². The molecule has 2 aromatic heterocycles. The van der Waals surface area contributed by atoms with E-state index in [1.165, 1.54) is 16.9 Å². The maximum absolute atomic E-state index is 13.8. The minimum absolute atomic E-state index is 0.0433. The summed E-state index contributed by atoms with van der Waals surface area (Å²) in [7, 11) is 0. The first-order chi connectivity index (χ1) is 11.0. The average molecular weight is 318 g/mol. The van der Waals surface area contributed by atoms with Crippen molar-refractivity contribution in [2.45, 2.75) is 13.0 Å². The van der Waals surface area contributed by atoms with Gasteiger partial charge in [0.2, 0.25) is 0 Å². The second kappa shape index (κ2) is 5.64. The molecule has 1 aromatic carbocycles. The van der Waals surface area contributed by atoms with Crippen LogP contribution in [0, 0.1) is 11.6 Å². The summed E-state index contributed by atoms with van der Waals surface area (Å²) in [4.78, 5) is 15.3. The maximum atomic E-state index is 13.8. The van der Waals surface area contributed by atoms with Crippen LogP contribution in [-0.4, -0.2) is 25.7 Å². The van der Waals surface area contributed by atoms with Gasteiger partial charge in [-0.2, -0.15) is 5.10 Å². The summed E-state index contributed by atoms with van der Waals surface area (Å²) in [6.45, 7) is 1.65. The predicted molar refractivity (Wildman–Crippen MR) is 78.3 cm³/mol. The van der Waals surface area contributed by atoms with Crippen LogP contribution < -0.4 is 5.32 Å². The Balaban J connectivity index is 1.93. The smallest absolute Gasteiger partial charge is 0.341 e. The molecule has 3 aromatic rings. The van der Waals surface area contributed by atoms with E-state index >= 15 is 0 Å². The van der Waals surface area contributed by atoms with Crippen molar-refractivity contribution in [3.05, 3.63) is 59.4 Å². The standard InChI is InChI=1S/C15H12F2N4O2/c1-8(10-6-9(16)2-3-12(10)17)19-13-4-5-21-14(20-13)11(7-18-21)15(22)23/h2-8H,1H3,(H,19,20)(H,22,23)/t8-/m1/s1. The highest BCUT2D eigenvalue weighted by atomic mass is 19.1. The lowest BCUT2D eigenvalue weighted by molar-refractivity contribution is 0.0699. The summed E-state index contributed by atoms with van der Waals surface area (Å²) in [5, 5.41) is 15.9. The average Bonchev–Trinajstić information content (AvgIpc) is 2.93. The van der Waals surface area contributed by atoms with Crippen LogP contribution in [0.2, 0.25) is 0 Å². The number of rotatable bonds is 4. The Morgan fingerprint density at radius 3 is 2.87 bits per heavy atom. The Bertz CT molecular complexity index is 894. The second-order valence-electron chi connectivity index (χ2n) is 4.98. The van der Waals surface area contributed by atoms with Gasteiger partial charge in [-0.1, -0.05) is 0 Å². The van der Waals surface area contributed by atoms with Crippen LogP contribution in [0.5, 0.6) is 0 Å². The van der Waals surface area contributed by atoms with E-state index in [2.05, 4.69) is 15.4 Å². The molecule has 2 N–H and O–H groups in total. The van der Waals surface area contributed by atoms with Gasteiger partial charge in [-0.3, -0.25) is 0 Å². The normalized spacial score (nSPS) is 12.3. The van der Waals surface area contributed by atoms with Gasteiger partial charge in [-0.05, 0) is 31.2 Å². The lowest BCUT2D eigenvalue weighted by Crippen LogP contribution is -2.11. The number of benzene rings is 1. The highest BCUT2D eigenvalue weighted by Gasteiger charge is 2.15. The van der Waals surface area contributed by atoms with Crippen LogP contribution in [0.1, 0.15) is 28.9 Å². The van der Waals surface area contributed by atoms with Crippen LogP contribution in [0.15, 0.2) is 36.7 Å². The van der Waals surface area contributed by atoms with Crippen LogP contribution >= 0.6 is 0 Å². The Morgan fingerprint density at radius 1 is 1.35 bits per heavy atom. The Kier molecular flexibility index (Phi) is 3.65. The third kappa shape index (κ3) is 2.83. The van der Waals surface area contributed by atoms with Crippen molar-refractivity contribution in [3.8, 4) is 0 Å². The fraction of sp³-hybridized carbons (Fsp3) is 0.133. The van der Waals surface area contributed by atoms with Gasteiger partial charge in [0.15, 0.2) is 5.65 Å². The first kappa shape index (κ1) is 14.9. The van der Waals surface area contributed by atoms with E-state index in [4.69, 9.17) is 5.11 Å². The highest BCUT2D eigenvalue weighted by Crippen LogP contribution is 2.22. The number of hydrogen-bond acceptors (Lipinski definition) is 4. The number of halogens is 2. The van der Waals surface area contributed by atoms with Crippen molar-refractivity contribution >= 4 is 17.4 Å². The summed E-state index contributed by atoms with van der Waals surface area (Å²) in [5.74, 6) is -1.89. The molecule has 0 spiro atoms. The number of hydrogen-bond donors (Lipinski definition) is 2. The van der Waals surface area contributed by atoms with Crippen LogP contribution in [-0.2, 0) is 0 Å². The summed E-state index contributed by atoms with van der Waals surface area (Å²) in [5.41, 5.74) is 0.270. The Labute approximate surface area is 129 Å². The number of anilines is 1. The van der Waals surface area contributed by atoms with Gasteiger partial charge in [0.05, 0.1) is 12.2 Å². The molecule has 6 nitrogen and oxygen atoms in total. The zero-order valence-corrected chi connectivity index (χ0v) is 12.0. The van der Waals surface area contributed by atoms with Gasteiger partial charge in [0, 0.05) is 11.8 Å². The molecule has 0 fully saturated rings. The largest absolute Gasteiger partial charge is 0.477 e. The summed E-state index contributed by atoms with van der Waals surface area (Å²) < 4.78 is 28.4. The van der Waals surface area contributed by atoms with Gasteiger partial charge in [0.25, 0.3) is 0 Å². The van der Waals surface area contributed by atoms with Crippen LogP contribution in [0.4, 0.5) is 14.6 Å². The maximum Gasteiger partial charge on any atom is 0.341 e. The van der Waals surface area contributed by atoms with E-state index in [1.54, 1.807) is 13.0 Å². The SMILES string of the molecule is C[C@@H](Nc1ccn2ncc(C(=O)O)c2n1)c1cc(F)ccc1F. The van der Waals surface area contributed by atoms with E-state index in [0.717, 1.165) is 18.2 Å². The van der Waals surface area contributed by atoms with Crippen molar-refractivity contribution in [3.63, 3.8) is 0 Å². The van der Waals surface area contributed by atoms with E-state index in [9.17, 15) is 13.6 Å². The molecule has 0 bridgehead atoms. The van der Waals surface area contributed by atoms with Crippen molar-refractivity contribution in [2.24, 2.45) is 0 Å². The summed E-state index contributed by atoms with van der Waals surface area (Å²) in [6.07, 6.45) is 2.73. The van der Waals surface area contributed by atoms with Gasteiger partial charge < -0.3 is 10.4 Å². The summed E-state index contributed by atoms with van der Waals surface area (Å²) in [6, 6.07) is 4.21. The first-order valence-corrected chi connectivity index (χ1v) is 6.75. The van der Waals surface area contributed by atoms with Crippen molar-refractivity contribution in [1.29, 1.82) is 0 Å². The second-order valence-corrected chi connectivity index (χ2v) is 4.98. The summed E-state index contributed by atoms with van der Waals surface area (Å²) >= 11 is 0. The molecule has 1 atom stereocenters. The molecule has 0 radical (unpaired) electrons. The quantitative estimate of drug-likeness (QED) is 0.773. The third-order valence-corrected chi connectivity index (χ3v) is 3.39. The van der Waals surface area contributed by atoms with E-state index in [1.807, 2.05) is 0 Å². The van der Waals surface area contributed by atoms with E-state index < -0.39 is 23.6 Å². The van der Waals surface area contributed by atoms with Crippen LogP contribution in [0.3, 0.4) is 0 Å². The zero-order valence-electron chi connectivity index (χ0n) is 12.0. The monoisotopic (exact) mass is 318 g/mol. The first-order valence-electron chi connectivity index (χ1n) is 6.75. The number of aromatic carboxylic acids is 1. The Hall–Kier alpha value is -3.03. The molecule has 0 aliphatic rings. The number of nitrogens with zero attached hydrogens (tertiary/aromatic N) is 3. The van der Waals surface area contributed by atoms with Gasteiger partial charge in [0.1, 0.15) is 23.0 Å². The van der Waals surface area contributed by atoms with Gasteiger partial charge >= 0.3 is 5.97 Å². The Morgan fingerprint density at radius 2 is 2.13 bits per heavy atom. The lowest BCUT2D eigenvalue weighted by atomic mass is 10.1. The van der Waals surface area contributed by atoms with E-state index in [-0.39, 0.29) is 16.8 Å². The number of carboxylic acids is 1. The molecule has 0 amide bonds. The molecule has 0 aliphatic carbocycles. The molecule has 0 saturated heterocycles. The molecule has 23 heavy (non-hydrogen) atoms. The van der Waals surface area contributed by atoms with Crippen LogP contribution in [0.25, 0.3) is 5.65 Å². The predicted octanol–water partition coefficient (Wildman–Crippen LogP) is 2.88. The zero-order chi connectivity index (χ0) is 16.6. The number of carbonyl (C=O) groups is 1. The number of carboxylic acid groups (broad SMARTS) is 1. The fourth-order valence-corrected chi connectivity index (χ4v) is 2.25.